The van der Waals surface area contributed by atoms with Crippen LogP contribution in [0.4, 0.5) is 39.5 Å². The summed E-state index contributed by atoms with van der Waals surface area (Å²) in [5.41, 5.74) is 0. The zero-order valence-electron chi connectivity index (χ0n) is 13.9. The van der Waals surface area contributed by atoms with Crippen LogP contribution in [-0.4, -0.2) is 48.9 Å². The van der Waals surface area contributed by atoms with Crippen molar-refractivity contribution in [2.45, 2.75) is 30.1 Å². The highest BCUT2D eigenvalue weighted by Crippen LogP contribution is 2.53. The zero-order chi connectivity index (χ0) is 23.1. The van der Waals surface area contributed by atoms with Crippen molar-refractivity contribution in [1.29, 1.82) is 0 Å². The zero-order valence-corrected chi connectivity index (χ0v) is 14.7. The molecule has 1 heterocycles. The molecule has 30 heavy (non-hydrogen) atoms. The van der Waals surface area contributed by atoms with Crippen LogP contribution in [0.15, 0.2) is 12.2 Å². The maximum Gasteiger partial charge on any atom is 0.483 e. The molecule has 2 fully saturated rings. The van der Waals surface area contributed by atoms with Gasteiger partial charge in [0.2, 0.25) is 0 Å². The third-order valence-electron chi connectivity index (χ3n) is 4.84. The number of allylic oxidation sites excluding steroid dienone is 2. The number of carbonyl (C=O) groups is 2. The Kier molecular flexibility index (Phi) is 4.80. The summed E-state index contributed by atoms with van der Waals surface area (Å²) in [5.74, 6) is -6.53. The summed E-state index contributed by atoms with van der Waals surface area (Å²) >= 11 is 0. The van der Waals surface area contributed by atoms with Gasteiger partial charge in [0.05, 0.1) is 11.8 Å². The summed E-state index contributed by atoms with van der Waals surface area (Å²) in [6.07, 6.45) is -17.5. The highest BCUT2D eigenvalue weighted by atomic mass is 32.2. The molecule has 17 heteroatoms. The molecule has 1 saturated carbocycles. The Morgan fingerprint density at radius 3 is 1.67 bits per heavy atom. The van der Waals surface area contributed by atoms with E-state index in [0.29, 0.717) is 6.42 Å². The van der Waals surface area contributed by atoms with Gasteiger partial charge in [-0.15, -0.1) is 9.35 Å². The molecule has 0 aromatic rings. The Bertz CT molecular complexity index is 885. The van der Waals surface area contributed by atoms with Crippen molar-refractivity contribution >= 4 is 21.9 Å². The molecule has 0 aromatic heterocycles. The number of rotatable bonds is 6. The summed E-state index contributed by atoms with van der Waals surface area (Å²) in [5, 5.41) is -7.59. The first kappa shape index (κ1) is 22.8. The van der Waals surface area contributed by atoms with Crippen molar-refractivity contribution in [3.8, 4) is 0 Å². The quantitative estimate of drug-likeness (QED) is 0.332. The second-order valence-electron chi connectivity index (χ2n) is 6.65. The molecule has 2 bridgehead atoms. The van der Waals surface area contributed by atoms with Gasteiger partial charge in [-0.05, 0) is 18.3 Å². The van der Waals surface area contributed by atoms with E-state index in [0.717, 1.165) is 0 Å². The number of nitrogens with zero attached hydrogens (tertiary/aromatic N) is 1. The Hall–Kier alpha value is -1.88. The molecular formula is C13H8F9NO6S. The van der Waals surface area contributed by atoms with E-state index in [1.807, 2.05) is 0 Å². The molecule has 2 aliphatic carbocycles. The van der Waals surface area contributed by atoms with E-state index in [-0.39, 0.29) is 0 Å². The second-order valence-corrected chi connectivity index (χ2v) is 8.22. The SMILES string of the molecule is O=C1C2C3C=CC(C3)C2C(=O)N1OS(=O)(=O)C(F)(F)C(F)(F)OC(F)(F)C(F)(F)F. The number of hydrogen-bond acceptors (Lipinski definition) is 6. The van der Waals surface area contributed by atoms with Crippen LogP contribution in [0.5, 0.6) is 0 Å². The van der Waals surface area contributed by atoms with Crippen LogP contribution in [0.2, 0.25) is 0 Å². The first-order valence-corrected chi connectivity index (χ1v) is 9.15. The van der Waals surface area contributed by atoms with Gasteiger partial charge in [-0.1, -0.05) is 12.2 Å². The molecule has 0 aromatic carbocycles. The molecule has 4 atom stereocenters. The van der Waals surface area contributed by atoms with E-state index in [4.69, 9.17) is 0 Å². The molecule has 7 nitrogen and oxygen atoms in total. The maximum absolute atomic E-state index is 13.7. The van der Waals surface area contributed by atoms with Crippen molar-refractivity contribution < 1.29 is 66.5 Å². The summed E-state index contributed by atoms with van der Waals surface area (Å²) in [6, 6.07) is 0. The van der Waals surface area contributed by atoms with Crippen molar-refractivity contribution in [3.05, 3.63) is 12.2 Å². The monoisotopic (exact) mass is 477 g/mol. The van der Waals surface area contributed by atoms with Crippen molar-refractivity contribution in [2.75, 3.05) is 0 Å². The van der Waals surface area contributed by atoms with Crippen LogP contribution in [0, 0.1) is 23.7 Å². The first-order chi connectivity index (χ1) is 13.3. The molecule has 0 spiro atoms. The minimum Gasteiger partial charge on any atom is -0.272 e. The smallest absolute Gasteiger partial charge is 0.272 e. The number of halogens is 9. The molecule has 1 aliphatic heterocycles. The number of alkyl halides is 9. The molecule has 0 N–H and O–H groups in total. The van der Waals surface area contributed by atoms with Crippen LogP contribution >= 0.6 is 0 Å². The Morgan fingerprint density at radius 2 is 1.27 bits per heavy atom. The third-order valence-corrected chi connectivity index (χ3v) is 6.05. The molecule has 0 radical (unpaired) electrons. The normalized spacial score (nSPS) is 29.8. The Labute approximate surface area is 160 Å². The lowest BCUT2D eigenvalue weighted by Crippen LogP contribution is -2.56. The highest BCUT2D eigenvalue weighted by molar-refractivity contribution is 7.87. The van der Waals surface area contributed by atoms with Gasteiger partial charge in [-0.3, -0.25) is 9.59 Å². The number of amides is 2. The number of carbonyl (C=O) groups excluding carboxylic acids is 2. The average molecular weight is 477 g/mol. The lowest BCUT2D eigenvalue weighted by Gasteiger charge is -2.29. The van der Waals surface area contributed by atoms with Gasteiger partial charge in [0.15, 0.2) is 0 Å². The fourth-order valence-corrected chi connectivity index (χ4v) is 4.29. The predicted octanol–water partition coefficient (Wildman–Crippen LogP) is 2.41. The minimum atomic E-state index is -7.18. The van der Waals surface area contributed by atoms with Crippen molar-refractivity contribution in [2.24, 2.45) is 23.7 Å². The molecule has 1 saturated heterocycles. The molecule has 3 rings (SSSR count). The number of fused-ring (bicyclic) bond motifs is 5. The van der Waals surface area contributed by atoms with E-state index in [9.17, 15) is 57.5 Å². The summed E-state index contributed by atoms with van der Waals surface area (Å²) in [7, 11) is -7.18. The van der Waals surface area contributed by atoms with Crippen molar-refractivity contribution in [3.63, 3.8) is 0 Å². The Balaban J connectivity index is 1.84. The van der Waals surface area contributed by atoms with Gasteiger partial charge in [0.25, 0.3) is 11.8 Å². The van der Waals surface area contributed by atoms with Crippen LogP contribution in [0.25, 0.3) is 0 Å². The predicted molar refractivity (Wildman–Crippen MR) is 71.6 cm³/mol. The van der Waals surface area contributed by atoms with E-state index >= 15 is 0 Å². The topological polar surface area (TPSA) is 90.0 Å². The summed E-state index contributed by atoms with van der Waals surface area (Å²) in [6.45, 7) is 0. The number of ether oxygens (including phenoxy) is 1. The van der Waals surface area contributed by atoms with Crippen LogP contribution < -0.4 is 0 Å². The molecule has 170 valence electrons. The second kappa shape index (κ2) is 6.32. The molecule has 4 unspecified atom stereocenters. The molecule has 3 aliphatic rings. The average Bonchev–Trinajstić information content (AvgIpc) is 3.22. The Morgan fingerprint density at radius 1 is 0.833 bits per heavy atom. The van der Waals surface area contributed by atoms with Gasteiger partial charge >= 0.3 is 33.8 Å². The third kappa shape index (κ3) is 3.08. The molecule has 2 amide bonds. The summed E-state index contributed by atoms with van der Waals surface area (Å²) in [4.78, 5) is 24.3. The van der Waals surface area contributed by atoms with Gasteiger partial charge < -0.3 is 0 Å². The van der Waals surface area contributed by atoms with Gasteiger partial charge in [0, 0.05) is 0 Å². The highest BCUT2D eigenvalue weighted by Gasteiger charge is 2.76. The van der Waals surface area contributed by atoms with E-state index in [1.165, 1.54) is 12.2 Å². The van der Waals surface area contributed by atoms with E-state index < -0.39 is 74.3 Å². The van der Waals surface area contributed by atoms with Crippen molar-refractivity contribution in [1.82, 2.24) is 5.06 Å². The number of hydroxylamine groups is 2. The van der Waals surface area contributed by atoms with E-state index in [1.54, 1.807) is 4.74 Å². The number of imide groups is 1. The van der Waals surface area contributed by atoms with Gasteiger partial charge in [-0.2, -0.15) is 47.9 Å². The number of hydrogen-bond donors (Lipinski definition) is 0. The van der Waals surface area contributed by atoms with Crippen LogP contribution in [-0.2, 0) is 28.7 Å². The largest absolute Gasteiger partial charge is 0.483 e. The van der Waals surface area contributed by atoms with Crippen LogP contribution in [0.3, 0.4) is 0 Å². The molecular weight excluding hydrogens is 469 g/mol. The fraction of sp³-hybridized carbons (Fsp3) is 0.692. The summed E-state index contributed by atoms with van der Waals surface area (Å²) < 4.78 is 144. The van der Waals surface area contributed by atoms with Gasteiger partial charge in [0.1, 0.15) is 0 Å². The lowest BCUT2D eigenvalue weighted by molar-refractivity contribution is -0.476. The van der Waals surface area contributed by atoms with Crippen LogP contribution in [0.1, 0.15) is 6.42 Å². The van der Waals surface area contributed by atoms with E-state index in [2.05, 4.69) is 4.28 Å². The minimum absolute atomic E-state index is 0.308. The maximum atomic E-state index is 13.7. The standard InChI is InChI=1S/C13H8F9NO6S/c14-10(15,16)11(17,18)28-12(19,20)13(21,22)30(26,27)29-23-8(24)6-4-1-2-5(3-4)7(6)9(23)25/h1-2,4-7H,3H2. The first-order valence-electron chi connectivity index (χ1n) is 7.75. The fourth-order valence-electron chi connectivity index (χ4n) is 3.52. The van der Waals surface area contributed by atoms with Gasteiger partial charge in [-0.25, -0.2) is 4.74 Å². The lowest BCUT2D eigenvalue weighted by atomic mass is 9.85.